The van der Waals surface area contributed by atoms with Crippen molar-refractivity contribution in [2.24, 2.45) is 0 Å². The Hall–Kier alpha value is -3.16. The van der Waals surface area contributed by atoms with Crippen LogP contribution in [0.15, 0.2) is 42.5 Å². The minimum absolute atomic E-state index is 0.0802. The van der Waals surface area contributed by atoms with Crippen LogP contribution in [0.1, 0.15) is 15.9 Å². The molecule has 0 saturated heterocycles. The number of amides is 1. The second-order valence-electron chi connectivity index (χ2n) is 5.43. The van der Waals surface area contributed by atoms with Crippen molar-refractivity contribution in [3.63, 3.8) is 0 Å². The Morgan fingerprint density at radius 1 is 1.15 bits per heavy atom. The molecule has 144 valence electrons. The molecule has 2 rings (SSSR count). The van der Waals surface area contributed by atoms with E-state index in [1.807, 2.05) is 0 Å². The number of carbonyl (C=O) groups is 2. The van der Waals surface area contributed by atoms with Crippen LogP contribution in [0, 0.1) is 0 Å². The third-order valence-electron chi connectivity index (χ3n) is 3.59. The zero-order valence-corrected chi connectivity index (χ0v) is 14.6. The molecule has 0 atom stereocenters. The van der Waals surface area contributed by atoms with Gasteiger partial charge in [0.15, 0.2) is 12.9 Å². The number of rotatable bonds is 10. The van der Waals surface area contributed by atoms with E-state index in [0.29, 0.717) is 25.0 Å². The molecular formula is C19H19F2NO5. The number of benzene rings is 2. The van der Waals surface area contributed by atoms with E-state index in [-0.39, 0.29) is 29.6 Å². The molecular weight excluding hydrogens is 360 g/mol. The quantitative estimate of drug-likeness (QED) is 0.643. The molecule has 0 fully saturated rings. The molecule has 2 aromatic carbocycles. The van der Waals surface area contributed by atoms with Gasteiger partial charge in [-0.1, -0.05) is 12.1 Å². The average Bonchev–Trinajstić information content (AvgIpc) is 2.67. The molecule has 0 saturated carbocycles. The number of halogens is 2. The largest absolute Gasteiger partial charge is 0.497 e. The summed E-state index contributed by atoms with van der Waals surface area (Å²) in [6.45, 7) is -2.75. The molecule has 6 nitrogen and oxygen atoms in total. The first kappa shape index (κ1) is 20.2. The summed E-state index contributed by atoms with van der Waals surface area (Å²) in [6.07, 6.45) is 1.14. The van der Waals surface area contributed by atoms with Crippen LogP contribution in [0.2, 0.25) is 0 Å². The smallest absolute Gasteiger partial charge is 0.387 e. The molecule has 0 aromatic heterocycles. The van der Waals surface area contributed by atoms with Crippen LogP contribution in [-0.4, -0.2) is 39.1 Å². The summed E-state index contributed by atoms with van der Waals surface area (Å²) in [7, 11) is 1.48. The van der Waals surface area contributed by atoms with Crippen LogP contribution >= 0.6 is 0 Å². The lowest BCUT2D eigenvalue weighted by Crippen LogP contribution is -2.30. The van der Waals surface area contributed by atoms with Crippen LogP contribution < -0.4 is 19.5 Å². The summed E-state index contributed by atoms with van der Waals surface area (Å²) in [5, 5.41) is 2.68. The first-order valence-electron chi connectivity index (χ1n) is 8.08. The zero-order chi connectivity index (χ0) is 19.6. The van der Waals surface area contributed by atoms with Crippen molar-refractivity contribution < 1.29 is 32.6 Å². The highest BCUT2D eigenvalue weighted by atomic mass is 19.3. The predicted molar refractivity (Wildman–Crippen MR) is 93.7 cm³/mol. The highest BCUT2D eigenvalue weighted by molar-refractivity contribution is 5.81. The minimum Gasteiger partial charge on any atom is -0.497 e. The summed E-state index contributed by atoms with van der Waals surface area (Å²) >= 11 is 0. The Bertz CT molecular complexity index is 765. The molecule has 0 aliphatic heterocycles. The van der Waals surface area contributed by atoms with Crippen molar-refractivity contribution in [3.8, 4) is 17.2 Å². The van der Waals surface area contributed by atoms with Gasteiger partial charge >= 0.3 is 6.61 Å². The van der Waals surface area contributed by atoms with Gasteiger partial charge in [-0.3, -0.25) is 9.59 Å². The van der Waals surface area contributed by atoms with E-state index in [1.165, 1.54) is 25.3 Å². The molecule has 0 unspecified atom stereocenters. The normalized spacial score (nSPS) is 10.4. The van der Waals surface area contributed by atoms with Gasteiger partial charge in [0.2, 0.25) is 0 Å². The summed E-state index contributed by atoms with van der Waals surface area (Å²) in [5.41, 5.74) is 1.14. The van der Waals surface area contributed by atoms with Crippen molar-refractivity contribution in [1.82, 2.24) is 5.32 Å². The maximum absolute atomic E-state index is 12.1. The molecule has 1 amide bonds. The summed E-state index contributed by atoms with van der Waals surface area (Å²) < 4.78 is 38.8. The summed E-state index contributed by atoms with van der Waals surface area (Å²) in [5.74, 6) is 0.534. The summed E-state index contributed by atoms with van der Waals surface area (Å²) in [6, 6.07) is 10.9. The number of methoxy groups -OCH3 is 1. The molecule has 0 bridgehead atoms. The van der Waals surface area contributed by atoms with Crippen molar-refractivity contribution in [2.75, 3.05) is 20.3 Å². The van der Waals surface area contributed by atoms with Gasteiger partial charge in [0, 0.05) is 6.54 Å². The number of hydrogen-bond donors (Lipinski definition) is 1. The Morgan fingerprint density at radius 2 is 1.85 bits per heavy atom. The number of alkyl halides is 2. The lowest BCUT2D eigenvalue weighted by Gasteiger charge is -2.10. The first-order chi connectivity index (χ1) is 13.0. The lowest BCUT2D eigenvalue weighted by molar-refractivity contribution is -0.123. The topological polar surface area (TPSA) is 73.9 Å². The molecule has 0 aliphatic carbocycles. The Balaban J connectivity index is 1.76. The fourth-order valence-electron chi connectivity index (χ4n) is 2.26. The molecule has 0 radical (unpaired) electrons. The fourth-order valence-corrected chi connectivity index (χ4v) is 2.26. The van der Waals surface area contributed by atoms with Crippen LogP contribution in [0.3, 0.4) is 0 Å². The van der Waals surface area contributed by atoms with Gasteiger partial charge < -0.3 is 19.5 Å². The highest BCUT2D eigenvalue weighted by Crippen LogP contribution is 2.22. The maximum atomic E-state index is 12.1. The summed E-state index contributed by atoms with van der Waals surface area (Å²) in [4.78, 5) is 22.9. The lowest BCUT2D eigenvalue weighted by atomic mass is 10.1. The molecule has 27 heavy (non-hydrogen) atoms. The van der Waals surface area contributed by atoms with E-state index >= 15 is 0 Å². The van der Waals surface area contributed by atoms with Crippen molar-refractivity contribution in [2.45, 2.75) is 13.0 Å². The number of hydrogen-bond acceptors (Lipinski definition) is 5. The number of aldehydes is 1. The first-order valence-corrected chi connectivity index (χ1v) is 8.08. The van der Waals surface area contributed by atoms with Crippen molar-refractivity contribution in [3.05, 3.63) is 53.6 Å². The predicted octanol–water partition coefficient (Wildman–Crippen LogP) is 2.85. The molecule has 0 spiro atoms. The maximum Gasteiger partial charge on any atom is 0.387 e. The van der Waals surface area contributed by atoms with E-state index in [9.17, 15) is 18.4 Å². The number of nitrogens with one attached hydrogen (secondary N) is 1. The van der Waals surface area contributed by atoms with Crippen LogP contribution in [0.4, 0.5) is 8.78 Å². The van der Waals surface area contributed by atoms with Gasteiger partial charge in [-0.15, -0.1) is 0 Å². The average molecular weight is 379 g/mol. The minimum atomic E-state index is -2.86. The zero-order valence-electron chi connectivity index (χ0n) is 14.6. The van der Waals surface area contributed by atoms with E-state index in [0.717, 1.165) is 5.56 Å². The van der Waals surface area contributed by atoms with Crippen molar-refractivity contribution >= 4 is 12.2 Å². The van der Waals surface area contributed by atoms with Crippen LogP contribution in [-0.2, 0) is 11.2 Å². The van der Waals surface area contributed by atoms with Gasteiger partial charge in [-0.05, 0) is 42.3 Å². The Kier molecular flexibility index (Phi) is 7.54. The van der Waals surface area contributed by atoms with Gasteiger partial charge in [-0.2, -0.15) is 8.78 Å². The van der Waals surface area contributed by atoms with E-state index < -0.39 is 6.61 Å². The molecule has 0 aliphatic rings. The second-order valence-corrected chi connectivity index (χ2v) is 5.43. The standard InChI is InChI=1S/C19H19F2NO5/c1-25-16-6-7-17(14(10-16)11-23)26-12-18(24)22-9-8-13-2-4-15(5-3-13)27-19(20)21/h2-7,10-11,19H,8-9,12H2,1H3,(H,22,24). The Labute approximate surface area is 155 Å². The van der Waals surface area contributed by atoms with E-state index in [1.54, 1.807) is 24.3 Å². The molecule has 8 heteroatoms. The highest BCUT2D eigenvalue weighted by Gasteiger charge is 2.08. The SMILES string of the molecule is COc1ccc(OCC(=O)NCCc2ccc(OC(F)F)cc2)c(C=O)c1. The monoisotopic (exact) mass is 379 g/mol. The van der Waals surface area contributed by atoms with Crippen LogP contribution in [0.5, 0.6) is 17.2 Å². The van der Waals surface area contributed by atoms with Gasteiger partial charge in [0.1, 0.15) is 17.2 Å². The number of carbonyl (C=O) groups excluding carboxylic acids is 2. The van der Waals surface area contributed by atoms with E-state index in [4.69, 9.17) is 9.47 Å². The molecule has 1 N–H and O–H groups in total. The third kappa shape index (κ3) is 6.58. The van der Waals surface area contributed by atoms with Crippen molar-refractivity contribution in [1.29, 1.82) is 0 Å². The second kappa shape index (κ2) is 10.1. The van der Waals surface area contributed by atoms with Gasteiger partial charge in [0.05, 0.1) is 12.7 Å². The van der Waals surface area contributed by atoms with Crippen LogP contribution in [0.25, 0.3) is 0 Å². The van der Waals surface area contributed by atoms with Gasteiger partial charge in [0.25, 0.3) is 5.91 Å². The Morgan fingerprint density at radius 3 is 2.48 bits per heavy atom. The van der Waals surface area contributed by atoms with E-state index in [2.05, 4.69) is 10.1 Å². The third-order valence-corrected chi connectivity index (χ3v) is 3.59. The number of ether oxygens (including phenoxy) is 3. The van der Waals surface area contributed by atoms with Gasteiger partial charge in [-0.25, -0.2) is 0 Å². The molecule has 0 heterocycles. The molecule has 2 aromatic rings. The fraction of sp³-hybridized carbons (Fsp3) is 0.263.